The molecular weight excluding hydrogens is 194 g/mol. The van der Waals surface area contributed by atoms with E-state index in [0.717, 1.165) is 0 Å². The largest absolute Gasteiger partial charge is 0.370 e. The Morgan fingerprint density at radius 1 is 1.53 bits per heavy atom. The van der Waals surface area contributed by atoms with Gasteiger partial charge in [-0.2, -0.15) is 5.26 Å². The Bertz CT molecular complexity index is 337. The molecule has 0 unspecified atom stereocenters. The molecule has 0 aliphatic heterocycles. The van der Waals surface area contributed by atoms with Gasteiger partial charge in [-0.15, -0.1) is 0 Å². The quantitative estimate of drug-likeness (QED) is 0.685. The molecule has 0 atom stereocenters. The fraction of sp³-hybridized carbons (Fsp3) is 0.700. The molecule has 0 spiro atoms. The van der Waals surface area contributed by atoms with E-state index >= 15 is 0 Å². The number of nitrogens with zero attached hydrogens (tertiary/aromatic N) is 1. The number of nitrogens with one attached hydrogen (secondary N) is 1. The van der Waals surface area contributed by atoms with Gasteiger partial charge in [-0.3, -0.25) is 9.59 Å². The van der Waals surface area contributed by atoms with Crippen LogP contribution in [0.25, 0.3) is 0 Å². The number of rotatable bonds is 4. The zero-order chi connectivity index (χ0) is 11.7. The van der Waals surface area contributed by atoms with Gasteiger partial charge < -0.3 is 11.1 Å². The Hall–Kier alpha value is -1.57. The van der Waals surface area contributed by atoms with Crippen molar-refractivity contribution < 1.29 is 9.59 Å². The number of nitriles is 1. The standard InChI is InChI=1S/C10H15N3O2/c1-9(2,5-7(12)14)13-8(15)10(6-11)3-4-10/h3-5H2,1-2H3,(H2,12,14)(H,13,15). The Kier molecular flexibility index (Phi) is 2.71. The highest BCUT2D eigenvalue weighted by Crippen LogP contribution is 2.45. The molecule has 0 aromatic carbocycles. The second-order valence-electron chi connectivity index (χ2n) is 4.68. The van der Waals surface area contributed by atoms with Gasteiger partial charge in [0.25, 0.3) is 0 Å². The highest BCUT2D eigenvalue weighted by Gasteiger charge is 2.51. The van der Waals surface area contributed by atoms with Crippen molar-refractivity contribution in [3.8, 4) is 6.07 Å². The van der Waals surface area contributed by atoms with Crippen LogP contribution in [0.2, 0.25) is 0 Å². The van der Waals surface area contributed by atoms with E-state index in [1.807, 2.05) is 6.07 Å². The third-order valence-electron chi connectivity index (χ3n) is 2.47. The van der Waals surface area contributed by atoms with Gasteiger partial charge in [0.05, 0.1) is 6.07 Å². The van der Waals surface area contributed by atoms with E-state index in [1.54, 1.807) is 13.8 Å². The summed E-state index contributed by atoms with van der Waals surface area (Å²) in [6.07, 6.45) is 1.27. The van der Waals surface area contributed by atoms with E-state index < -0.39 is 16.9 Å². The summed E-state index contributed by atoms with van der Waals surface area (Å²) >= 11 is 0. The second-order valence-corrected chi connectivity index (χ2v) is 4.68. The van der Waals surface area contributed by atoms with Gasteiger partial charge in [0.2, 0.25) is 11.8 Å². The van der Waals surface area contributed by atoms with Crippen LogP contribution in [0.3, 0.4) is 0 Å². The molecule has 5 nitrogen and oxygen atoms in total. The molecule has 5 heteroatoms. The summed E-state index contributed by atoms with van der Waals surface area (Å²) in [5.41, 5.74) is 3.52. The van der Waals surface area contributed by atoms with Crippen LogP contribution in [0.1, 0.15) is 33.1 Å². The number of amides is 2. The first kappa shape index (κ1) is 11.5. The second kappa shape index (κ2) is 3.54. The van der Waals surface area contributed by atoms with Crippen LogP contribution in [-0.4, -0.2) is 17.4 Å². The lowest BCUT2D eigenvalue weighted by atomic mass is 9.98. The van der Waals surface area contributed by atoms with Gasteiger partial charge in [0.1, 0.15) is 5.41 Å². The van der Waals surface area contributed by atoms with E-state index in [-0.39, 0.29) is 12.3 Å². The molecule has 3 N–H and O–H groups in total. The number of primary amides is 1. The maximum atomic E-state index is 11.7. The predicted octanol–water partition coefficient (Wildman–Crippen LogP) is 0.0604. The third-order valence-corrected chi connectivity index (χ3v) is 2.47. The Balaban J connectivity index is 2.59. The molecule has 1 aliphatic carbocycles. The van der Waals surface area contributed by atoms with E-state index in [4.69, 9.17) is 11.0 Å². The molecule has 0 heterocycles. The Labute approximate surface area is 88.6 Å². The number of carbonyl (C=O) groups excluding carboxylic acids is 2. The first-order chi connectivity index (χ1) is 6.81. The van der Waals surface area contributed by atoms with Gasteiger partial charge in [-0.25, -0.2) is 0 Å². The summed E-state index contributed by atoms with van der Waals surface area (Å²) in [6, 6.07) is 2.00. The van der Waals surface area contributed by atoms with Crippen molar-refractivity contribution >= 4 is 11.8 Å². The molecule has 1 fully saturated rings. The van der Waals surface area contributed by atoms with Crippen LogP contribution < -0.4 is 11.1 Å². The summed E-state index contributed by atoms with van der Waals surface area (Å²) in [5, 5.41) is 11.5. The summed E-state index contributed by atoms with van der Waals surface area (Å²) in [5.74, 6) is -0.765. The van der Waals surface area contributed by atoms with Gasteiger partial charge in [0, 0.05) is 12.0 Å². The van der Waals surface area contributed by atoms with Gasteiger partial charge in [0.15, 0.2) is 0 Å². The predicted molar refractivity (Wildman–Crippen MR) is 53.3 cm³/mol. The van der Waals surface area contributed by atoms with Crippen molar-refractivity contribution in [2.24, 2.45) is 11.1 Å². The summed E-state index contributed by atoms with van der Waals surface area (Å²) in [7, 11) is 0. The first-order valence-corrected chi connectivity index (χ1v) is 4.83. The van der Waals surface area contributed by atoms with Crippen molar-refractivity contribution in [3.05, 3.63) is 0 Å². The number of nitrogens with two attached hydrogens (primary N) is 1. The van der Waals surface area contributed by atoms with E-state index in [0.29, 0.717) is 12.8 Å². The highest BCUT2D eigenvalue weighted by atomic mass is 16.2. The van der Waals surface area contributed by atoms with Crippen molar-refractivity contribution in [2.75, 3.05) is 0 Å². The van der Waals surface area contributed by atoms with Crippen LogP contribution >= 0.6 is 0 Å². The van der Waals surface area contributed by atoms with E-state index in [2.05, 4.69) is 5.32 Å². The molecule has 0 radical (unpaired) electrons. The molecule has 2 amide bonds. The third kappa shape index (κ3) is 2.69. The molecule has 15 heavy (non-hydrogen) atoms. The van der Waals surface area contributed by atoms with Crippen LogP contribution in [-0.2, 0) is 9.59 Å². The molecule has 0 aromatic rings. The smallest absolute Gasteiger partial charge is 0.240 e. The molecule has 0 bridgehead atoms. The monoisotopic (exact) mass is 209 g/mol. The number of hydrogen-bond donors (Lipinski definition) is 2. The molecule has 1 aliphatic rings. The SMILES string of the molecule is CC(C)(CC(N)=O)NC(=O)C1(C#N)CC1. The fourth-order valence-electron chi connectivity index (χ4n) is 1.42. The van der Waals surface area contributed by atoms with Crippen LogP contribution in [0, 0.1) is 16.7 Å². The van der Waals surface area contributed by atoms with E-state index in [1.165, 1.54) is 0 Å². The maximum Gasteiger partial charge on any atom is 0.240 e. The van der Waals surface area contributed by atoms with Gasteiger partial charge >= 0.3 is 0 Å². The normalized spacial score (nSPS) is 17.7. The number of hydrogen-bond acceptors (Lipinski definition) is 3. The molecule has 0 aromatic heterocycles. The minimum Gasteiger partial charge on any atom is -0.370 e. The van der Waals surface area contributed by atoms with Crippen molar-refractivity contribution in [2.45, 2.75) is 38.6 Å². The lowest BCUT2D eigenvalue weighted by Gasteiger charge is -2.25. The zero-order valence-electron chi connectivity index (χ0n) is 8.96. The van der Waals surface area contributed by atoms with Crippen molar-refractivity contribution in [1.82, 2.24) is 5.32 Å². The lowest BCUT2D eigenvalue weighted by molar-refractivity contribution is -0.126. The molecular formula is C10H15N3O2. The van der Waals surface area contributed by atoms with Gasteiger partial charge in [-0.05, 0) is 26.7 Å². The summed E-state index contributed by atoms with van der Waals surface area (Å²) in [4.78, 5) is 22.4. The van der Waals surface area contributed by atoms with Crippen LogP contribution in [0.15, 0.2) is 0 Å². The van der Waals surface area contributed by atoms with Crippen LogP contribution in [0.5, 0.6) is 0 Å². The summed E-state index contributed by atoms with van der Waals surface area (Å²) < 4.78 is 0. The highest BCUT2D eigenvalue weighted by molar-refractivity contribution is 5.89. The topological polar surface area (TPSA) is 96.0 Å². The molecule has 82 valence electrons. The van der Waals surface area contributed by atoms with Crippen molar-refractivity contribution in [1.29, 1.82) is 5.26 Å². The van der Waals surface area contributed by atoms with Gasteiger partial charge in [-0.1, -0.05) is 0 Å². The van der Waals surface area contributed by atoms with Crippen molar-refractivity contribution in [3.63, 3.8) is 0 Å². The molecule has 1 saturated carbocycles. The Morgan fingerprint density at radius 3 is 2.40 bits per heavy atom. The maximum absolute atomic E-state index is 11.7. The molecule has 1 rings (SSSR count). The van der Waals surface area contributed by atoms with Crippen LogP contribution in [0.4, 0.5) is 0 Å². The van der Waals surface area contributed by atoms with E-state index in [9.17, 15) is 9.59 Å². The fourth-order valence-corrected chi connectivity index (χ4v) is 1.42. The minimum absolute atomic E-state index is 0.0697. The average molecular weight is 209 g/mol. The number of carbonyl (C=O) groups is 2. The summed E-state index contributed by atoms with van der Waals surface area (Å²) in [6.45, 7) is 3.42. The molecule has 0 saturated heterocycles. The lowest BCUT2D eigenvalue weighted by Crippen LogP contribution is -2.48. The Morgan fingerprint density at radius 2 is 2.07 bits per heavy atom. The zero-order valence-corrected chi connectivity index (χ0v) is 8.96. The first-order valence-electron chi connectivity index (χ1n) is 4.83. The minimum atomic E-state index is -0.852. The average Bonchev–Trinajstić information content (AvgIpc) is 2.79.